The van der Waals surface area contributed by atoms with E-state index in [2.05, 4.69) is 5.32 Å². The number of hydrogen-bond acceptors (Lipinski definition) is 2. The second-order valence-corrected chi connectivity index (χ2v) is 4.72. The van der Waals surface area contributed by atoms with Crippen LogP contribution in [0.3, 0.4) is 0 Å². The summed E-state index contributed by atoms with van der Waals surface area (Å²) in [6.45, 7) is 4.01. The first-order valence-electron chi connectivity index (χ1n) is 6.07. The van der Waals surface area contributed by atoms with Crippen LogP contribution in [0.15, 0.2) is 18.2 Å². The maximum absolute atomic E-state index is 12.7. The number of nitrogens with one attached hydrogen (secondary N) is 1. The van der Waals surface area contributed by atoms with Crippen LogP contribution in [0.5, 0.6) is 0 Å². The highest BCUT2D eigenvalue weighted by atomic mass is 32.1. The van der Waals surface area contributed by atoms with Crippen molar-refractivity contribution in [3.63, 3.8) is 0 Å². The number of rotatable bonds is 5. The van der Waals surface area contributed by atoms with Crippen LogP contribution in [-0.4, -0.2) is 11.0 Å². The van der Waals surface area contributed by atoms with E-state index >= 15 is 0 Å². The van der Waals surface area contributed by atoms with Crippen LogP contribution in [-0.2, 0) is 6.18 Å². The maximum Gasteiger partial charge on any atom is 0.416 e. The monoisotopic (exact) mass is 290 g/mol. The van der Waals surface area contributed by atoms with Gasteiger partial charge in [-0.15, -0.1) is 0 Å². The Balaban J connectivity index is 3.15. The van der Waals surface area contributed by atoms with Crippen molar-refractivity contribution in [3.05, 3.63) is 29.3 Å². The van der Waals surface area contributed by atoms with Crippen LogP contribution in [0.1, 0.15) is 37.8 Å². The lowest BCUT2D eigenvalue weighted by atomic mass is 10.1. The smallest absolute Gasteiger partial charge is 0.389 e. The Labute approximate surface area is 116 Å². The second kappa shape index (κ2) is 6.23. The maximum atomic E-state index is 12.7. The topological polar surface area (TPSA) is 38.0 Å². The molecule has 0 saturated heterocycles. The van der Waals surface area contributed by atoms with Crippen LogP contribution < -0.4 is 11.1 Å². The molecule has 0 heterocycles. The third kappa shape index (κ3) is 4.09. The van der Waals surface area contributed by atoms with E-state index in [1.165, 1.54) is 6.07 Å². The molecule has 0 aromatic heterocycles. The van der Waals surface area contributed by atoms with Crippen molar-refractivity contribution in [3.8, 4) is 0 Å². The molecule has 0 fully saturated rings. The first-order valence-corrected chi connectivity index (χ1v) is 6.48. The summed E-state index contributed by atoms with van der Waals surface area (Å²) in [6, 6.07) is 3.60. The lowest BCUT2D eigenvalue weighted by Gasteiger charge is -2.20. The van der Waals surface area contributed by atoms with Crippen LogP contribution in [0, 0.1) is 0 Å². The van der Waals surface area contributed by atoms with Crippen molar-refractivity contribution in [1.82, 2.24) is 0 Å². The first kappa shape index (κ1) is 15.8. The predicted octanol–water partition coefficient (Wildman–Crippen LogP) is 3.94. The van der Waals surface area contributed by atoms with E-state index in [1.54, 1.807) is 0 Å². The molecule has 0 unspecified atom stereocenters. The Morgan fingerprint density at radius 3 is 2.32 bits per heavy atom. The van der Waals surface area contributed by atoms with Crippen molar-refractivity contribution < 1.29 is 13.2 Å². The number of thiocarbonyl (C=S) groups is 1. The highest BCUT2D eigenvalue weighted by Crippen LogP contribution is 2.32. The molecule has 0 saturated carbocycles. The fraction of sp³-hybridized carbons (Fsp3) is 0.462. The Hall–Kier alpha value is -1.30. The zero-order valence-electron chi connectivity index (χ0n) is 10.8. The van der Waals surface area contributed by atoms with Crippen LogP contribution in [0.4, 0.5) is 18.9 Å². The molecule has 1 aromatic rings. The zero-order valence-corrected chi connectivity index (χ0v) is 11.7. The SMILES string of the molecule is CCC(CC)Nc1ccc(C(F)(F)F)cc1C(N)=S. The molecule has 0 aliphatic carbocycles. The first-order chi connectivity index (χ1) is 8.79. The van der Waals surface area contributed by atoms with Crippen molar-refractivity contribution in [2.75, 3.05) is 5.32 Å². The van der Waals surface area contributed by atoms with Gasteiger partial charge in [0.15, 0.2) is 0 Å². The van der Waals surface area contributed by atoms with Crippen molar-refractivity contribution >= 4 is 22.9 Å². The molecule has 6 heteroatoms. The van der Waals surface area contributed by atoms with E-state index in [9.17, 15) is 13.2 Å². The van der Waals surface area contributed by atoms with Gasteiger partial charge in [-0.3, -0.25) is 0 Å². The number of benzene rings is 1. The normalized spacial score (nSPS) is 11.7. The lowest BCUT2D eigenvalue weighted by Crippen LogP contribution is -2.21. The summed E-state index contributed by atoms with van der Waals surface area (Å²) in [5.41, 5.74) is 5.55. The van der Waals surface area contributed by atoms with Gasteiger partial charge in [-0.1, -0.05) is 26.1 Å². The van der Waals surface area contributed by atoms with Gasteiger partial charge < -0.3 is 11.1 Å². The highest BCUT2D eigenvalue weighted by Gasteiger charge is 2.31. The Morgan fingerprint density at radius 2 is 1.89 bits per heavy atom. The van der Waals surface area contributed by atoms with E-state index in [0.29, 0.717) is 5.69 Å². The van der Waals surface area contributed by atoms with E-state index in [1.807, 2.05) is 13.8 Å². The van der Waals surface area contributed by atoms with Gasteiger partial charge in [-0.25, -0.2) is 0 Å². The Morgan fingerprint density at radius 1 is 1.32 bits per heavy atom. The number of alkyl halides is 3. The summed E-state index contributed by atoms with van der Waals surface area (Å²) < 4.78 is 38.0. The Kier molecular flexibility index (Phi) is 5.17. The van der Waals surface area contributed by atoms with E-state index in [-0.39, 0.29) is 16.6 Å². The summed E-state index contributed by atoms with van der Waals surface area (Å²) >= 11 is 4.83. The molecule has 0 amide bonds. The molecule has 1 aromatic carbocycles. The summed E-state index contributed by atoms with van der Waals surface area (Å²) in [4.78, 5) is -0.0421. The number of halogens is 3. The molecule has 0 bridgehead atoms. The van der Waals surface area contributed by atoms with Gasteiger partial charge in [-0.2, -0.15) is 13.2 Å². The van der Waals surface area contributed by atoms with Crippen molar-refractivity contribution in [2.45, 2.75) is 38.9 Å². The standard InChI is InChI=1S/C13H17F3N2S/c1-3-9(4-2)18-11-6-5-8(13(14,15)16)7-10(11)12(17)19/h5-7,9,18H,3-4H2,1-2H3,(H2,17,19). The van der Waals surface area contributed by atoms with Gasteiger partial charge >= 0.3 is 6.18 Å². The van der Waals surface area contributed by atoms with Crippen LogP contribution in [0.25, 0.3) is 0 Å². The van der Waals surface area contributed by atoms with Gasteiger partial charge in [0.1, 0.15) is 4.99 Å². The minimum absolute atomic E-state index is 0.0421. The minimum atomic E-state index is -4.40. The molecular formula is C13H17F3N2S. The number of hydrogen-bond donors (Lipinski definition) is 2. The van der Waals surface area contributed by atoms with Gasteiger partial charge in [-0.05, 0) is 31.0 Å². The molecule has 0 atom stereocenters. The molecule has 0 aliphatic heterocycles. The number of anilines is 1. The zero-order chi connectivity index (χ0) is 14.6. The predicted molar refractivity (Wildman–Crippen MR) is 75.3 cm³/mol. The fourth-order valence-corrected chi connectivity index (χ4v) is 1.93. The average molecular weight is 290 g/mol. The van der Waals surface area contributed by atoms with Crippen LogP contribution in [0.2, 0.25) is 0 Å². The number of nitrogens with two attached hydrogens (primary N) is 1. The fourth-order valence-electron chi connectivity index (χ4n) is 1.76. The summed E-state index contributed by atoms with van der Waals surface area (Å²) in [5.74, 6) is 0. The van der Waals surface area contributed by atoms with Gasteiger partial charge in [0, 0.05) is 17.3 Å². The van der Waals surface area contributed by atoms with Crippen LogP contribution >= 0.6 is 12.2 Å². The van der Waals surface area contributed by atoms with E-state index in [4.69, 9.17) is 18.0 Å². The lowest BCUT2D eigenvalue weighted by molar-refractivity contribution is -0.137. The van der Waals surface area contributed by atoms with Gasteiger partial charge in [0.05, 0.1) is 5.56 Å². The van der Waals surface area contributed by atoms with E-state index < -0.39 is 11.7 Å². The largest absolute Gasteiger partial charge is 0.416 e. The summed E-state index contributed by atoms with van der Waals surface area (Å²) in [5, 5.41) is 3.17. The molecule has 1 rings (SSSR count). The average Bonchev–Trinajstić information content (AvgIpc) is 2.34. The quantitative estimate of drug-likeness (QED) is 0.807. The Bertz CT molecular complexity index is 454. The second-order valence-electron chi connectivity index (χ2n) is 4.28. The molecule has 0 spiro atoms. The molecule has 19 heavy (non-hydrogen) atoms. The molecule has 2 nitrogen and oxygen atoms in total. The summed E-state index contributed by atoms with van der Waals surface area (Å²) in [6.07, 6.45) is -2.66. The molecule has 0 aliphatic rings. The molecule has 0 radical (unpaired) electrons. The van der Waals surface area contributed by atoms with Crippen molar-refractivity contribution in [1.29, 1.82) is 0 Å². The highest BCUT2D eigenvalue weighted by molar-refractivity contribution is 7.80. The van der Waals surface area contributed by atoms with Gasteiger partial charge in [0.25, 0.3) is 0 Å². The third-order valence-electron chi connectivity index (χ3n) is 2.96. The van der Waals surface area contributed by atoms with E-state index in [0.717, 1.165) is 25.0 Å². The summed E-state index contributed by atoms with van der Waals surface area (Å²) in [7, 11) is 0. The third-order valence-corrected chi connectivity index (χ3v) is 3.18. The molecule has 3 N–H and O–H groups in total. The van der Waals surface area contributed by atoms with Gasteiger partial charge in [0.2, 0.25) is 0 Å². The van der Waals surface area contributed by atoms with Crippen molar-refractivity contribution in [2.24, 2.45) is 5.73 Å². The minimum Gasteiger partial charge on any atom is -0.389 e. The molecular weight excluding hydrogens is 273 g/mol. The molecule has 106 valence electrons.